The van der Waals surface area contributed by atoms with Crippen LogP contribution in [0.25, 0.3) is 5.70 Å². The predicted molar refractivity (Wildman–Crippen MR) is 94.1 cm³/mol. The fraction of sp³-hybridized carbons (Fsp3) is 0.125. The van der Waals surface area contributed by atoms with Crippen molar-refractivity contribution in [1.82, 2.24) is 4.98 Å². The third-order valence-corrected chi connectivity index (χ3v) is 5.12. The molecule has 4 nitrogen and oxygen atoms in total. The van der Waals surface area contributed by atoms with E-state index in [0.29, 0.717) is 16.6 Å². The normalized spacial score (nSPS) is 15.6. The zero-order chi connectivity index (χ0) is 15.7. The average molecular weight is 329 g/mol. The van der Waals surface area contributed by atoms with Crippen LogP contribution in [0.4, 0.5) is 0 Å². The number of thiocarbonyl (C=S) groups is 1. The van der Waals surface area contributed by atoms with E-state index < -0.39 is 0 Å². The molecule has 0 radical (unpaired) electrons. The van der Waals surface area contributed by atoms with E-state index in [-0.39, 0.29) is 0 Å². The minimum atomic E-state index is 0.521. The molecule has 2 aromatic rings. The number of thiophene rings is 1. The largest absolute Gasteiger partial charge is 0.428 e. The lowest BCUT2D eigenvalue weighted by atomic mass is 9.89. The van der Waals surface area contributed by atoms with Gasteiger partial charge in [-0.2, -0.15) is 0 Å². The van der Waals surface area contributed by atoms with Crippen LogP contribution in [-0.2, 0) is 6.42 Å². The third kappa shape index (κ3) is 2.51. The van der Waals surface area contributed by atoms with Crippen molar-refractivity contribution in [2.45, 2.75) is 12.8 Å². The summed E-state index contributed by atoms with van der Waals surface area (Å²) in [6.07, 6.45) is 4.89. The quantitative estimate of drug-likeness (QED) is 0.667. The van der Waals surface area contributed by atoms with Crippen LogP contribution >= 0.6 is 23.6 Å². The van der Waals surface area contributed by atoms with Gasteiger partial charge in [0.1, 0.15) is 0 Å². The monoisotopic (exact) mass is 329 g/mol. The molecule has 0 fully saturated rings. The van der Waals surface area contributed by atoms with Crippen molar-refractivity contribution in [1.29, 1.82) is 0 Å². The van der Waals surface area contributed by atoms with Gasteiger partial charge < -0.3 is 16.2 Å². The smallest absolute Gasteiger partial charge is 0.220 e. The number of fused-ring (bicyclic) bond motifs is 1. The predicted octanol–water partition coefficient (Wildman–Crippen LogP) is 3.37. The van der Waals surface area contributed by atoms with Gasteiger partial charge in [-0.05, 0) is 36.2 Å². The lowest BCUT2D eigenvalue weighted by Crippen LogP contribution is -2.14. The molecule has 0 unspecified atom stereocenters. The molecule has 0 atom stereocenters. The first-order chi connectivity index (χ1) is 10.6. The number of nitrogens with zero attached hydrogens (tertiary/aromatic N) is 1. The molecule has 1 aliphatic rings. The Balaban J connectivity index is 2.11. The standard InChI is InChI=1S/C16H15N3OS2/c1-9(18)15-11-6-5-10(8-17)14(21)13(11)16(22-15)20-12-4-2-3-7-19-12/h2-4,7-8H,1,5-6,17-18H2. The number of hydrogen-bond donors (Lipinski definition) is 2. The fourth-order valence-electron chi connectivity index (χ4n) is 2.44. The van der Waals surface area contributed by atoms with E-state index >= 15 is 0 Å². The van der Waals surface area contributed by atoms with Crippen molar-refractivity contribution < 1.29 is 4.74 Å². The van der Waals surface area contributed by atoms with Gasteiger partial charge in [0.25, 0.3) is 0 Å². The van der Waals surface area contributed by atoms with Crippen LogP contribution in [0.1, 0.15) is 22.4 Å². The molecule has 0 aromatic carbocycles. The first-order valence-corrected chi connectivity index (χ1v) is 7.99. The highest BCUT2D eigenvalue weighted by Crippen LogP contribution is 2.44. The average Bonchev–Trinajstić information content (AvgIpc) is 2.88. The Bertz CT molecular complexity index is 778. The second-order valence-electron chi connectivity index (χ2n) is 4.89. The Hall–Kier alpha value is -2.18. The minimum Gasteiger partial charge on any atom is -0.428 e. The van der Waals surface area contributed by atoms with Crippen molar-refractivity contribution in [2.75, 3.05) is 0 Å². The Kier molecular flexibility index (Phi) is 3.96. The molecule has 4 N–H and O–H groups in total. The Labute approximate surface area is 138 Å². The summed E-state index contributed by atoms with van der Waals surface area (Å²) in [5, 5.41) is 0.694. The second-order valence-corrected chi connectivity index (χ2v) is 6.28. The van der Waals surface area contributed by atoms with Crippen molar-refractivity contribution in [3.05, 3.63) is 58.8 Å². The number of allylic oxidation sites excluding steroid dienone is 1. The highest BCUT2D eigenvalue weighted by molar-refractivity contribution is 7.81. The molecule has 22 heavy (non-hydrogen) atoms. The zero-order valence-electron chi connectivity index (χ0n) is 11.8. The van der Waals surface area contributed by atoms with E-state index in [9.17, 15) is 0 Å². The lowest BCUT2D eigenvalue weighted by molar-refractivity contribution is 0.474. The molecule has 3 rings (SSSR count). The molecule has 2 heterocycles. The van der Waals surface area contributed by atoms with Crippen LogP contribution in [0.3, 0.4) is 0 Å². The summed E-state index contributed by atoms with van der Waals surface area (Å²) >= 11 is 7.02. The molecule has 0 amide bonds. The van der Waals surface area contributed by atoms with Crippen LogP contribution in [0.5, 0.6) is 10.9 Å². The topological polar surface area (TPSA) is 74.2 Å². The van der Waals surface area contributed by atoms with Crippen molar-refractivity contribution in [3.63, 3.8) is 0 Å². The van der Waals surface area contributed by atoms with Crippen LogP contribution in [-0.4, -0.2) is 9.85 Å². The van der Waals surface area contributed by atoms with Gasteiger partial charge in [0.05, 0.1) is 15.3 Å². The van der Waals surface area contributed by atoms with Gasteiger partial charge in [-0.3, -0.25) is 0 Å². The highest BCUT2D eigenvalue weighted by atomic mass is 32.1. The Morgan fingerprint density at radius 3 is 2.86 bits per heavy atom. The molecular formula is C16H15N3OS2. The van der Waals surface area contributed by atoms with Crippen LogP contribution in [0.2, 0.25) is 0 Å². The number of pyridine rings is 1. The molecule has 0 aliphatic heterocycles. The summed E-state index contributed by atoms with van der Waals surface area (Å²) in [6, 6.07) is 5.51. The molecule has 0 saturated carbocycles. The molecule has 0 bridgehead atoms. The SMILES string of the molecule is C=C(N)c1sc(Oc2ccccn2)c2c1CCC(=CN)C2=S. The van der Waals surface area contributed by atoms with E-state index in [0.717, 1.165) is 39.3 Å². The van der Waals surface area contributed by atoms with Crippen molar-refractivity contribution >= 4 is 34.1 Å². The maximum absolute atomic E-state index is 5.93. The minimum absolute atomic E-state index is 0.521. The van der Waals surface area contributed by atoms with Gasteiger partial charge in [-0.25, -0.2) is 4.98 Å². The van der Waals surface area contributed by atoms with Gasteiger partial charge in [0.2, 0.25) is 5.88 Å². The molecule has 112 valence electrons. The molecule has 0 saturated heterocycles. The lowest BCUT2D eigenvalue weighted by Gasteiger charge is -2.18. The molecular weight excluding hydrogens is 314 g/mol. The highest BCUT2D eigenvalue weighted by Gasteiger charge is 2.29. The molecule has 6 heteroatoms. The van der Waals surface area contributed by atoms with E-state index in [4.69, 9.17) is 28.4 Å². The summed E-state index contributed by atoms with van der Waals surface area (Å²) in [7, 11) is 0. The number of aromatic nitrogens is 1. The number of nitrogens with two attached hydrogens (primary N) is 2. The van der Waals surface area contributed by atoms with Gasteiger partial charge in [-0.15, -0.1) is 0 Å². The van der Waals surface area contributed by atoms with Crippen LogP contribution in [0.15, 0.2) is 42.7 Å². The maximum Gasteiger partial charge on any atom is 0.220 e. The summed E-state index contributed by atoms with van der Waals surface area (Å²) in [6.45, 7) is 3.85. The summed E-state index contributed by atoms with van der Waals surface area (Å²) in [4.78, 5) is 5.84. The number of ether oxygens (including phenoxy) is 1. The maximum atomic E-state index is 5.93. The third-order valence-electron chi connectivity index (χ3n) is 3.47. The van der Waals surface area contributed by atoms with Crippen LogP contribution in [0, 0.1) is 0 Å². The summed E-state index contributed by atoms with van der Waals surface area (Å²) in [5.74, 6) is 0.521. The van der Waals surface area contributed by atoms with E-state index in [2.05, 4.69) is 11.6 Å². The second kappa shape index (κ2) is 5.90. The van der Waals surface area contributed by atoms with Gasteiger partial charge >= 0.3 is 0 Å². The number of hydrogen-bond acceptors (Lipinski definition) is 6. The summed E-state index contributed by atoms with van der Waals surface area (Å²) < 4.78 is 5.93. The van der Waals surface area contributed by atoms with E-state index in [1.807, 2.05) is 12.1 Å². The zero-order valence-corrected chi connectivity index (χ0v) is 13.5. The van der Waals surface area contributed by atoms with Gasteiger partial charge in [-0.1, -0.05) is 36.2 Å². The first-order valence-electron chi connectivity index (χ1n) is 6.76. The first kappa shape index (κ1) is 14.7. The number of rotatable bonds is 3. The van der Waals surface area contributed by atoms with Crippen molar-refractivity contribution in [2.24, 2.45) is 11.5 Å². The fourth-order valence-corrected chi connectivity index (χ4v) is 3.99. The van der Waals surface area contributed by atoms with Gasteiger partial charge in [0, 0.05) is 18.0 Å². The Morgan fingerprint density at radius 2 is 2.23 bits per heavy atom. The van der Waals surface area contributed by atoms with Crippen molar-refractivity contribution in [3.8, 4) is 10.9 Å². The molecule has 2 aromatic heterocycles. The molecule has 1 aliphatic carbocycles. The summed E-state index contributed by atoms with van der Waals surface area (Å²) in [5.41, 5.74) is 15.1. The van der Waals surface area contributed by atoms with E-state index in [1.165, 1.54) is 11.3 Å². The van der Waals surface area contributed by atoms with Gasteiger partial charge in [0.15, 0.2) is 5.06 Å². The van der Waals surface area contributed by atoms with E-state index in [1.54, 1.807) is 18.5 Å². The molecule has 0 spiro atoms. The van der Waals surface area contributed by atoms with Crippen LogP contribution < -0.4 is 16.2 Å². The Morgan fingerprint density at radius 1 is 1.41 bits per heavy atom.